The lowest BCUT2D eigenvalue weighted by molar-refractivity contribution is 0.382. The van der Waals surface area contributed by atoms with Crippen LogP contribution in [0.3, 0.4) is 0 Å². The number of nitrogens with zero attached hydrogens (tertiary/aromatic N) is 1. The van der Waals surface area contributed by atoms with E-state index in [4.69, 9.17) is 4.74 Å². The van der Waals surface area contributed by atoms with Crippen molar-refractivity contribution in [1.82, 2.24) is 10.3 Å². The first-order valence-electron chi connectivity index (χ1n) is 6.62. The second-order valence-corrected chi connectivity index (χ2v) is 5.44. The summed E-state index contributed by atoms with van der Waals surface area (Å²) in [7, 11) is 1.48. The van der Waals surface area contributed by atoms with Crippen LogP contribution in [0.1, 0.15) is 29.1 Å². The number of hydrogen-bond acceptors (Lipinski definition) is 4. The molecule has 5 heteroatoms. The molecule has 0 radical (unpaired) electrons. The molecule has 20 heavy (non-hydrogen) atoms. The van der Waals surface area contributed by atoms with E-state index in [0.29, 0.717) is 17.7 Å². The van der Waals surface area contributed by atoms with E-state index in [2.05, 4.69) is 10.3 Å². The molecule has 2 rings (SSSR count). The van der Waals surface area contributed by atoms with Crippen LogP contribution in [0.4, 0.5) is 4.39 Å². The quantitative estimate of drug-likeness (QED) is 0.885. The minimum absolute atomic E-state index is 0.0779. The van der Waals surface area contributed by atoms with Gasteiger partial charge in [-0.25, -0.2) is 9.37 Å². The fourth-order valence-electron chi connectivity index (χ4n) is 2.24. The molecule has 0 aliphatic rings. The Morgan fingerprint density at radius 1 is 1.45 bits per heavy atom. The van der Waals surface area contributed by atoms with Crippen molar-refractivity contribution in [3.8, 4) is 5.75 Å². The zero-order valence-electron chi connectivity index (χ0n) is 11.9. The molecular weight excluding hydrogens is 275 g/mol. The number of benzene rings is 1. The Kier molecular flexibility index (Phi) is 5.09. The van der Waals surface area contributed by atoms with Crippen LogP contribution in [0.2, 0.25) is 0 Å². The van der Waals surface area contributed by atoms with E-state index in [0.717, 1.165) is 17.1 Å². The van der Waals surface area contributed by atoms with Gasteiger partial charge in [0.1, 0.15) is 0 Å². The molecule has 0 saturated carbocycles. The monoisotopic (exact) mass is 294 g/mol. The van der Waals surface area contributed by atoms with Crippen molar-refractivity contribution in [1.29, 1.82) is 0 Å². The van der Waals surface area contributed by atoms with Crippen molar-refractivity contribution < 1.29 is 9.13 Å². The van der Waals surface area contributed by atoms with Gasteiger partial charge in [-0.15, -0.1) is 11.3 Å². The number of halogens is 1. The van der Waals surface area contributed by atoms with E-state index < -0.39 is 0 Å². The van der Waals surface area contributed by atoms with Crippen LogP contribution >= 0.6 is 11.3 Å². The Labute approximate surface area is 122 Å². The third kappa shape index (κ3) is 3.16. The molecule has 2 aromatic rings. The molecule has 3 nitrogen and oxygen atoms in total. The Morgan fingerprint density at radius 2 is 2.25 bits per heavy atom. The van der Waals surface area contributed by atoms with Crippen LogP contribution in [-0.4, -0.2) is 18.6 Å². The van der Waals surface area contributed by atoms with E-state index >= 15 is 0 Å². The summed E-state index contributed by atoms with van der Waals surface area (Å²) >= 11 is 1.61. The summed E-state index contributed by atoms with van der Waals surface area (Å²) in [6.07, 6.45) is 0.583. The average Bonchev–Trinajstić information content (AvgIpc) is 2.86. The number of rotatable bonds is 6. The molecule has 0 amide bonds. The van der Waals surface area contributed by atoms with Crippen LogP contribution in [0, 0.1) is 12.7 Å². The van der Waals surface area contributed by atoms with E-state index in [-0.39, 0.29) is 11.9 Å². The fraction of sp³-hybridized carbons (Fsp3) is 0.400. The predicted molar refractivity (Wildman–Crippen MR) is 79.9 cm³/mol. The van der Waals surface area contributed by atoms with Gasteiger partial charge in [0.15, 0.2) is 11.6 Å². The molecule has 1 aromatic carbocycles. The first-order valence-corrected chi connectivity index (χ1v) is 7.50. The zero-order chi connectivity index (χ0) is 14.5. The third-order valence-corrected chi connectivity index (χ3v) is 4.28. The number of aromatic nitrogens is 1. The maximum atomic E-state index is 14.3. The Hall–Kier alpha value is -1.46. The summed E-state index contributed by atoms with van der Waals surface area (Å²) in [5.41, 5.74) is 3.49. The van der Waals surface area contributed by atoms with Gasteiger partial charge in [-0.1, -0.05) is 19.1 Å². The Balaban J connectivity index is 2.27. The topological polar surface area (TPSA) is 34.1 Å². The van der Waals surface area contributed by atoms with Gasteiger partial charge in [-0.05, 0) is 31.5 Å². The lowest BCUT2D eigenvalue weighted by atomic mass is 10.0. The average molecular weight is 294 g/mol. The number of methoxy groups -OCH3 is 1. The standard InChI is InChI=1S/C15H19FN2OS/c1-4-17-12(15-10(2)18-9-20-15)8-11-6-5-7-13(19-3)14(11)16/h5-7,9,12,17H,4,8H2,1-3H3. The highest BCUT2D eigenvalue weighted by Crippen LogP contribution is 2.28. The van der Waals surface area contributed by atoms with Crippen LogP contribution in [0.5, 0.6) is 5.75 Å². The fourth-order valence-corrected chi connectivity index (χ4v) is 3.12. The maximum absolute atomic E-state index is 14.3. The lowest BCUT2D eigenvalue weighted by Gasteiger charge is -2.18. The van der Waals surface area contributed by atoms with E-state index in [1.807, 2.05) is 25.4 Å². The van der Waals surface area contributed by atoms with Crippen molar-refractivity contribution >= 4 is 11.3 Å². The van der Waals surface area contributed by atoms with Crippen molar-refractivity contribution in [2.45, 2.75) is 26.3 Å². The molecular formula is C15H19FN2OS. The van der Waals surface area contributed by atoms with Gasteiger partial charge in [0.2, 0.25) is 0 Å². The minimum Gasteiger partial charge on any atom is -0.494 e. The van der Waals surface area contributed by atoms with Gasteiger partial charge in [-0.3, -0.25) is 0 Å². The van der Waals surface area contributed by atoms with Crippen LogP contribution < -0.4 is 10.1 Å². The summed E-state index contributed by atoms with van der Waals surface area (Å²) in [6, 6.07) is 5.34. The second kappa shape index (κ2) is 6.81. The number of hydrogen-bond donors (Lipinski definition) is 1. The zero-order valence-corrected chi connectivity index (χ0v) is 12.8. The summed E-state index contributed by atoms with van der Waals surface area (Å²) in [4.78, 5) is 5.44. The van der Waals surface area contributed by atoms with Crippen LogP contribution in [-0.2, 0) is 6.42 Å². The molecule has 0 saturated heterocycles. The first-order chi connectivity index (χ1) is 9.67. The van der Waals surface area contributed by atoms with Gasteiger partial charge >= 0.3 is 0 Å². The van der Waals surface area contributed by atoms with Gasteiger partial charge < -0.3 is 10.1 Å². The molecule has 0 aliphatic carbocycles. The number of nitrogens with one attached hydrogen (secondary N) is 1. The lowest BCUT2D eigenvalue weighted by Crippen LogP contribution is -2.23. The molecule has 0 aliphatic heterocycles. The van der Waals surface area contributed by atoms with Crippen molar-refractivity contribution in [2.24, 2.45) is 0 Å². The summed E-state index contributed by atoms with van der Waals surface area (Å²) in [6.45, 7) is 4.86. The molecule has 1 aromatic heterocycles. The van der Waals surface area contributed by atoms with E-state index in [1.54, 1.807) is 23.5 Å². The molecule has 1 atom stereocenters. The van der Waals surface area contributed by atoms with Gasteiger partial charge in [0.25, 0.3) is 0 Å². The van der Waals surface area contributed by atoms with Crippen molar-refractivity contribution in [3.63, 3.8) is 0 Å². The maximum Gasteiger partial charge on any atom is 0.168 e. The Bertz CT molecular complexity index is 571. The van der Waals surface area contributed by atoms with Gasteiger partial charge in [0.05, 0.1) is 18.3 Å². The van der Waals surface area contributed by atoms with Gasteiger partial charge in [-0.2, -0.15) is 0 Å². The number of aryl methyl sites for hydroxylation is 1. The molecule has 0 fully saturated rings. The Morgan fingerprint density at radius 3 is 2.85 bits per heavy atom. The third-order valence-electron chi connectivity index (χ3n) is 3.24. The normalized spacial score (nSPS) is 12.4. The molecule has 1 heterocycles. The highest BCUT2D eigenvalue weighted by molar-refractivity contribution is 7.09. The number of thiazole rings is 1. The van der Waals surface area contributed by atoms with Gasteiger partial charge in [0, 0.05) is 10.9 Å². The smallest absolute Gasteiger partial charge is 0.168 e. The molecule has 1 unspecified atom stereocenters. The second-order valence-electron chi connectivity index (χ2n) is 4.55. The van der Waals surface area contributed by atoms with Crippen molar-refractivity contribution in [2.75, 3.05) is 13.7 Å². The largest absolute Gasteiger partial charge is 0.494 e. The summed E-state index contributed by atoms with van der Waals surface area (Å²) < 4.78 is 19.3. The minimum atomic E-state index is -0.278. The SMILES string of the molecule is CCNC(Cc1cccc(OC)c1F)c1scnc1C. The van der Waals surface area contributed by atoms with Crippen LogP contribution in [0.25, 0.3) is 0 Å². The molecule has 108 valence electrons. The molecule has 1 N–H and O–H groups in total. The first kappa shape index (κ1) is 14.9. The predicted octanol–water partition coefficient (Wildman–Crippen LogP) is 3.49. The number of ether oxygens (including phenoxy) is 1. The summed E-state index contributed by atoms with van der Waals surface area (Å²) in [5, 5.41) is 3.40. The van der Waals surface area contributed by atoms with E-state index in [9.17, 15) is 4.39 Å². The summed E-state index contributed by atoms with van der Waals surface area (Å²) in [5.74, 6) is 0.0128. The van der Waals surface area contributed by atoms with Crippen LogP contribution in [0.15, 0.2) is 23.7 Å². The molecule has 0 bridgehead atoms. The highest BCUT2D eigenvalue weighted by atomic mass is 32.1. The van der Waals surface area contributed by atoms with E-state index in [1.165, 1.54) is 7.11 Å². The highest BCUT2D eigenvalue weighted by Gasteiger charge is 2.18. The number of likely N-dealkylation sites (N-methyl/N-ethyl adjacent to an activating group) is 1. The molecule has 0 spiro atoms. The van der Waals surface area contributed by atoms with Crippen molar-refractivity contribution in [3.05, 3.63) is 45.7 Å².